The second-order valence-electron chi connectivity index (χ2n) is 6.16. The molecule has 1 aliphatic heterocycles. The smallest absolute Gasteiger partial charge is 0.0601 e. The molecule has 112 valence electrons. The minimum atomic E-state index is 0.400. The minimum absolute atomic E-state index is 0.400. The molecule has 0 aromatic carbocycles. The molecule has 1 aromatic heterocycles. The number of nitrogens with zero attached hydrogens (tertiary/aromatic N) is 2. The summed E-state index contributed by atoms with van der Waals surface area (Å²) in [5, 5.41) is 3.67. The van der Waals surface area contributed by atoms with Crippen molar-refractivity contribution in [1.29, 1.82) is 0 Å². The first-order valence-corrected chi connectivity index (χ1v) is 7.99. The second kappa shape index (κ2) is 6.68. The van der Waals surface area contributed by atoms with Gasteiger partial charge in [-0.25, -0.2) is 0 Å². The molecule has 3 atom stereocenters. The summed E-state index contributed by atoms with van der Waals surface area (Å²) in [6.45, 7) is 13.4. The van der Waals surface area contributed by atoms with E-state index >= 15 is 0 Å². The van der Waals surface area contributed by atoms with Crippen LogP contribution in [0.3, 0.4) is 0 Å². The highest BCUT2D eigenvalue weighted by Gasteiger charge is 2.30. The molecule has 1 saturated heterocycles. The Morgan fingerprint density at radius 3 is 2.70 bits per heavy atom. The van der Waals surface area contributed by atoms with Gasteiger partial charge in [0, 0.05) is 37.4 Å². The monoisotopic (exact) mass is 275 g/mol. The van der Waals surface area contributed by atoms with Crippen molar-refractivity contribution in [3.8, 4) is 0 Å². The lowest BCUT2D eigenvalue weighted by atomic mass is 9.99. The molecule has 0 aliphatic carbocycles. The second-order valence-corrected chi connectivity index (χ2v) is 6.16. The van der Waals surface area contributed by atoms with Gasteiger partial charge in [-0.15, -0.1) is 0 Å². The third-order valence-electron chi connectivity index (χ3n) is 4.66. The Labute approximate surface area is 123 Å². The van der Waals surface area contributed by atoms with Crippen molar-refractivity contribution in [1.82, 2.24) is 15.2 Å². The van der Waals surface area contributed by atoms with Crippen LogP contribution in [0, 0.1) is 13.8 Å². The number of pyridine rings is 1. The fraction of sp³-hybridized carbons (Fsp3) is 0.706. The largest absolute Gasteiger partial charge is 0.311 e. The Balaban J connectivity index is 2.21. The minimum Gasteiger partial charge on any atom is -0.311 e. The van der Waals surface area contributed by atoms with Crippen LogP contribution in [-0.2, 0) is 0 Å². The van der Waals surface area contributed by atoms with Crippen LogP contribution in [0.25, 0.3) is 0 Å². The number of nitrogens with one attached hydrogen (secondary N) is 1. The van der Waals surface area contributed by atoms with E-state index in [1.165, 1.54) is 29.7 Å². The average Bonchev–Trinajstić information content (AvgIpc) is 2.46. The Morgan fingerprint density at radius 2 is 2.10 bits per heavy atom. The van der Waals surface area contributed by atoms with Gasteiger partial charge < -0.3 is 5.32 Å². The van der Waals surface area contributed by atoms with Crippen molar-refractivity contribution in [3.63, 3.8) is 0 Å². The zero-order valence-electron chi connectivity index (χ0n) is 13.6. The van der Waals surface area contributed by atoms with Gasteiger partial charge in [0.1, 0.15) is 0 Å². The van der Waals surface area contributed by atoms with E-state index in [2.05, 4.69) is 50.9 Å². The lowest BCUT2D eigenvalue weighted by Gasteiger charge is -2.43. The molecule has 2 heterocycles. The SMILES string of the molecule is CC[C@H]1CN(C(C)c2ncc(C)cc2C)[C@H](CC)CN1. The van der Waals surface area contributed by atoms with Crippen molar-refractivity contribution in [2.24, 2.45) is 0 Å². The quantitative estimate of drug-likeness (QED) is 0.914. The Morgan fingerprint density at radius 1 is 1.35 bits per heavy atom. The maximum atomic E-state index is 4.71. The molecule has 1 unspecified atom stereocenters. The highest BCUT2D eigenvalue weighted by Crippen LogP contribution is 2.27. The highest BCUT2D eigenvalue weighted by molar-refractivity contribution is 5.25. The lowest BCUT2D eigenvalue weighted by molar-refractivity contribution is 0.0829. The first-order valence-electron chi connectivity index (χ1n) is 7.99. The van der Waals surface area contributed by atoms with E-state index < -0.39 is 0 Å². The fourth-order valence-electron chi connectivity index (χ4n) is 3.34. The van der Waals surface area contributed by atoms with Crippen LogP contribution in [0.2, 0.25) is 0 Å². The van der Waals surface area contributed by atoms with Gasteiger partial charge in [0.05, 0.1) is 5.69 Å². The zero-order chi connectivity index (χ0) is 14.7. The van der Waals surface area contributed by atoms with Gasteiger partial charge >= 0.3 is 0 Å². The van der Waals surface area contributed by atoms with Gasteiger partial charge in [-0.05, 0) is 44.7 Å². The standard InChI is InChI=1S/C17H29N3/c1-6-15-11-20(16(7-2)10-18-15)14(5)17-13(4)8-12(3)9-19-17/h8-9,14-16,18H,6-7,10-11H2,1-5H3/t14?,15-,16+/m0/s1. The summed E-state index contributed by atoms with van der Waals surface area (Å²) in [7, 11) is 0. The molecular weight excluding hydrogens is 246 g/mol. The van der Waals surface area contributed by atoms with Gasteiger partial charge in [-0.3, -0.25) is 9.88 Å². The van der Waals surface area contributed by atoms with Crippen LogP contribution < -0.4 is 5.32 Å². The molecule has 20 heavy (non-hydrogen) atoms. The molecule has 1 aromatic rings. The summed E-state index contributed by atoms with van der Waals surface area (Å²) in [5.41, 5.74) is 3.81. The normalized spacial score (nSPS) is 25.6. The number of hydrogen-bond donors (Lipinski definition) is 1. The Hall–Kier alpha value is -0.930. The van der Waals surface area contributed by atoms with Crippen LogP contribution in [0.4, 0.5) is 0 Å². The maximum Gasteiger partial charge on any atom is 0.0601 e. The van der Waals surface area contributed by atoms with E-state index in [1.54, 1.807) is 0 Å². The van der Waals surface area contributed by atoms with Crippen molar-refractivity contribution < 1.29 is 0 Å². The molecular formula is C17H29N3. The van der Waals surface area contributed by atoms with E-state index in [1.807, 2.05) is 6.20 Å². The topological polar surface area (TPSA) is 28.2 Å². The Kier molecular flexibility index (Phi) is 5.17. The van der Waals surface area contributed by atoms with E-state index in [0.29, 0.717) is 18.1 Å². The number of rotatable bonds is 4. The fourth-order valence-corrected chi connectivity index (χ4v) is 3.34. The molecule has 0 saturated carbocycles. The maximum absolute atomic E-state index is 4.71. The van der Waals surface area contributed by atoms with E-state index in [4.69, 9.17) is 4.98 Å². The third-order valence-corrected chi connectivity index (χ3v) is 4.66. The van der Waals surface area contributed by atoms with Gasteiger partial charge in [0.2, 0.25) is 0 Å². The average molecular weight is 275 g/mol. The molecule has 3 heteroatoms. The third kappa shape index (κ3) is 3.21. The number of aryl methyl sites for hydroxylation is 2. The van der Waals surface area contributed by atoms with E-state index in [9.17, 15) is 0 Å². The highest BCUT2D eigenvalue weighted by atomic mass is 15.3. The molecule has 1 fully saturated rings. The summed E-state index contributed by atoms with van der Waals surface area (Å²) in [6.07, 6.45) is 4.39. The van der Waals surface area contributed by atoms with E-state index in [-0.39, 0.29) is 0 Å². The zero-order valence-corrected chi connectivity index (χ0v) is 13.6. The summed E-state index contributed by atoms with van der Waals surface area (Å²) in [5.74, 6) is 0. The van der Waals surface area contributed by atoms with Crippen LogP contribution in [0.1, 0.15) is 56.5 Å². The van der Waals surface area contributed by atoms with Crippen molar-refractivity contribution in [3.05, 3.63) is 29.1 Å². The molecule has 1 N–H and O–H groups in total. The Bertz CT molecular complexity index is 444. The van der Waals surface area contributed by atoms with Crippen molar-refractivity contribution >= 4 is 0 Å². The van der Waals surface area contributed by atoms with E-state index in [0.717, 1.165) is 13.1 Å². The number of piperazine rings is 1. The molecule has 0 spiro atoms. The summed E-state index contributed by atoms with van der Waals surface area (Å²) < 4.78 is 0. The van der Waals surface area contributed by atoms with Crippen molar-refractivity contribution in [2.75, 3.05) is 13.1 Å². The van der Waals surface area contributed by atoms with Crippen LogP contribution in [0.5, 0.6) is 0 Å². The number of aromatic nitrogens is 1. The predicted molar refractivity (Wildman–Crippen MR) is 85.0 cm³/mol. The van der Waals surface area contributed by atoms with Crippen LogP contribution in [-0.4, -0.2) is 35.1 Å². The lowest BCUT2D eigenvalue weighted by Crippen LogP contribution is -2.56. The summed E-state index contributed by atoms with van der Waals surface area (Å²) >= 11 is 0. The van der Waals surface area contributed by atoms with Gasteiger partial charge in [-0.2, -0.15) is 0 Å². The molecule has 2 rings (SSSR count). The van der Waals surface area contributed by atoms with Crippen LogP contribution >= 0.6 is 0 Å². The van der Waals surface area contributed by atoms with Gasteiger partial charge in [-0.1, -0.05) is 19.9 Å². The van der Waals surface area contributed by atoms with Crippen LogP contribution in [0.15, 0.2) is 12.3 Å². The molecule has 3 nitrogen and oxygen atoms in total. The first-order chi connectivity index (χ1) is 9.56. The molecule has 0 bridgehead atoms. The molecule has 0 amide bonds. The molecule has 1 aliphatic rings. The first kappa shape index (κ1) is 15.5. The van der Waals surface area contributed by atoms with Gasteiger partial charge in [0.15, 0.2) is 0 Å². The van der Waals surface area contributed by atoms with Crippen molar-refractivity contribution in [2.45, 2.75) is 65.6 Å². The summed E-state index contributed by atoms with van der Waals surface area (Å²) in [6, 6.07) is 3.89. The number of hydrogen-bond acceptors (Lipinski definition) is 3. The van der Waals surface area contributed by atoms with Gasteiger partial charge in [0.25, 0.3) is 0 Å². The molecule has 0 radical (unpaired) electrons. The predicted octanol–water partition coefficient (Wildman–Crippen LogP) is 3.22. The summed E-state index contributed by atoms with van der Waals surface area (Å²) in [4.78, 5) is 7.36.